The van der Waals surface area contributed by atoms with Gasteiger partial charge in [0.2, 0.25) is 5.75 Å². The minimum Gasteiger partial charge on any atom is -0.493 e. The van der Waals surface area contributed by atoms with E-state index in [1.807, 2.05) is 0 Å². The van der Waals surface area contributed by atoms with E-state index in [1.165, 1.54) is 46.8 Å². The fourth-order valence-corrected chi connectivity index (χ4v) is 3.30. The van der Waals surface area contributed by atoms with E-state index in [2.05, 4.69) is 26.5 Å². The number of amides is 1. The molecular formula is C25H23BrN2O7. The number of ether oxygens (including phenoxy) is 5. The first-order chi connectivity index (χ1) is 16.9. The molecule has 0 bridgehead atoms. The Labute approximate surface area is 210 Å². The van der Waals surface area contributed by atoms with E-state index < -0.39 is 5.97 Å². The van der Waals surface area contributed by atoms with Crippen molar-refractivity contribution >= 4 is 34.0 Å². The van der Waals surface area contributed by atoms with E-state index in [0.717, 1.165) is 4.47 Å². The van der Waals surface area contributed by atoms with E-state index in [1.54, 1.807) is 42.5 Å². The number of hydrogen-bond donors (Lipinski definition) is 1. The first-order valence-electron chi connectivity index (χ1n) is 10.2. The highest BCUT2D eigenvalue weighted by molar-refractivity contribution is 9.10. The maximum Gasteiger partial charge on any atom is 0.343 e. The molecule has 0 fully saturated rings. The van der Waals surface area contributed by atoms with Crippen LogP contribution in [0.4, 0.5) is 0 Å². The molecule has 1 N–H and O–H groups in total. The number of nitrogens with one attached hydrogen (secondary N) is 1. The highest BCUT2D eigenvalue weighted by atomic mass is 79.9. The van der Waals surface area contributed by atoms with Crippen molar-refractivity contribution < 1.29 is 33.3 Å². The van der Waals surface area contributed by atoms with Crippen molar-refractivity contribution in [1.29, 1.82) is 0 Å². The molecule has 0 aliphatic rings. The summed E-state index contributed by atoms with van der Waals surface area (Å²) in [6, 6.07) is 14.7. The number of nitrogens with zero attached hydrogens (tertiary/aromatic N) is 1. The molecule has 9 nitrogen and oxygen atoms in total. The van der Waals surface area contributed by atoms with Gasteiger partial charge in [0.25, 0.3) is 5.91 Å². The quantitative estimate of drug-likeness (QED) is 0.184. The smallest absolute Gasteiger partial charge is 0.343 e. The zero-order valence-corrected chi connectivity index (χ0v) is 21.0. The monoisotopic (exact) mass is 542 g/mol. The average molecular weight is 543 g/mol. The summed E-state index contributed by atoms with van der Waals surface area (Å²) in [5, 5.41) is 3.97. The van der Waals surface area contributed by atoms with Crippen LogP contribution in [-0.2, 0) is 0 Å². The molecule has 0 aliphatic carbocycles. The second kappa shape index (κ2) is 11.9. The molecule has 0 spiro atoms. The van der Waals surface area contributed by atoms with Crippen molar-refractivity contribution in [1.82, 2.24) is 5.43 Å². The Kier molecular flexibility index (Phi) is 8.69. The molecule has 0 saturated carbocycles. The lowest BCUT2D eigenvalue weighted by molar-refractivity contribution is 0.0728. The number of esters is 1. The van der Waals surface area contributed by atoms with Gasteiger partial charge >= 0.3 is 5.97 Å². The van der Waals surface area contributed by atoms with Gasteiger partial charge < -0.3 is 23.7 Å². The number of hydrazone groups is 1. The van der Waals surface area contributed by atoms with Crippen molar-refractivity contribution in [2.24, 2.45) is 5.10 Å². The largest absolute Gasteiger partial charge is 0.493 e. The summed E-state index contributed by atoms with van der Waals surface area (Å²) < 4.78 is 27.6. The SMILES string of the molecule is COc1cc(/C=N/NC(=O)c2ccc(Br)cc2)ccc1OC(=O)c1cc(OC)c(OC)c(OC)c1. The minimum atomic E-state index is -0.647. The molecule has 0 unspecified atom stereocenters. The standard InChI is InChI=1S/C25H23BrN2O7/c1-31-20-11-15(14-27-28-24(29)16-6-8-18(26)9-7-16)5-10-19(20)35-25(30)17-12-21(32-2)23(34-4)22(13-17)33-3/h5-14H,1-4H3,(H,28,29)/b27-14+. The predicted octanol–water partition coefficient (Wildman–Crippen LogP) is 4.47. The second-order valence-corrected chi connectivity index (χ2v) is 7.84. The molecule has 0 radical (unpaired) electrons. The van der Waals surface area contributed by atoms with Crippen molar-refractivity contribution in [2.45, 2.75) is 0 Å². The number of carbonyl (C=O) groups excluding carboxylic acids is 2. The lowest BCUT2D eigenvalue weighted by Crippen LogP contribution is -2.17. The van der Waals surface area contributed by atoms with Crippen LogP contribution in [0.25, 0.3) is 0 Å². The van der Waals surface area contributed by atoms with Gasteiger partial charge in [-0.3, -0.25) is 4.79 Å². The third-order valence-electron chi connectivity index (χ3n) is 4.78. The fourth-order valence-electron chi connectivity index (χ4n) is 3.04. The number of rotatable bonds is 9. The van der Waals surface area contributed by atoms with Gasteiger partial charge in [-0.25, -0.2) is 10.2 Å². The predicted molar refractivity (Wildman–Crippen MR) is 133 cm³/mol. The van der Waals surface area contributed by atoms with Crippen LogP contribution in [0.15, 0.2) is 64.2 Å². The third-order valence-corrected chi connectivity index (χ3v) is 5.31. The highest BCUT2D eigenvalue weighted by Gasteiger charge is 2.19. The van der Waals surface area contributed by atoms with Crippen LogP contribution in [0.2, 0.25) is 0 Å². The summed E-state index contributed by atoms with van der Waals surface area (Å²) in [7, 11) is 5.83. The Bertz CT molecular complexity index is 1220. The normalized spacial score (nSPS) is 10.5. The maximum atomic E-state index is 12.8. The van der Waals surface area contributed by atoms with Crippen LogP contribution in [0.1, 0.15) is 26.3 Å². The van der Waals surface area contributed by atoms with E-state index in [4.69, 9.17) is 23.7 Å². The van der Waals surface area contributed by atoms with Crippen molar-refractivity contribution in [3.63, 3.8) is 0 Å². The van der Waals surface area contributed by atoms with Crippen LogP contribution in [0, 0.1) is 0 Å². The van der Waals surface area contributed by atoms with Gasteiger partial charge in [0.1, 0.15) is 0 Å². The van der Waals surface area contributed by atoms with Gasteiger partial charge in [0.15, 0.2) is 23.0 Å². The molecule has 0 saturated heterocycles. The van der Waals surface area contributed by atoms with Crippen molar-refractivity contribution in [3.05, 3.63) is 75.8 Å². The molecule has 0 aromatic heterocycles. The van der Waals surface area contributed by atoms with Crippen LogP contribution in [0.3, 0.4) is 0 Å². The molecular weight excluding hydrogens is 520 g/mol. The summed E-state index contributed by atoms with van der Waals surface area (Å²) in [5.41, 5.74) is 3.74. The van der Waals surface area contributed by atoms with E-state index in [0.29, 0.717) is 34.1 Å². The Morgan fingerprint density at radius 2 is 1.40 bits per heavy atom. The molecule has 35 heavy (non-hydrogen) atoms. The first-order valence-corrected chi connectivity index (χ1v) is 11.0. The lowest BCUT2D eigenvalue weighted by atomic mass is 10.1. The van der Waals surface area contributed by atoms with Gasteiger partial charge in [0.05, 0.1) is 40.2 Å². The van der Waals surface area contributed by atoms with Gasteiger partial charge in [0, 0.05) is 10.0 Å². The van der Waals surface area contributed by atoms with Crippen LogP contribution in [0.5, 0.6) is 28.7 Å². The first kappa shape index (κ1) is 25.6. The Hall–Kier alpha value is -4.05. The Morgan fingerprint density at radius 1 is 0.771 bits per heavy atom. The number of methoxy groups -OCH3 is 4. The summed E-state index contributed by atoms with van der Waals surface area (Å²) in [5.74, 6) is 0.503. The molecule has 3 rings (SSSR count). The van der Waals surface area contributed by atoms with Crippen molar-refractivity contribution in [2.75, 3.05) is 28.4 Å². The van der Waals surface area contributed by atoms with Gasteiger partial charge in [-0.1, -0.05) is 15.9 Å². The van der Waals surface area contributed by atoms with E-state index in [9.17, 15) is 9.59 Å². The number of halogens is 1. The van der Waals surface area contributed by atoms with Gasteiger partial charge in [-0.05, 0) is 60.2 Å². The van der Waals surface area contributed by atoms with Gasteiger partial charge in [-0.15, -0.1) is 0 Å². The number of carbonyl (C=O) groups is 2. The number of hydrogen-bond acceptors (Lipinski definition) is 8. The van der Waals surface area contributed by atoms with E-state index in [-0.39, 0.29) is 17.2 Å². The van der Waals surface area contributed by atoms with Crippen LogP contribution in [-0.4, -0.2) is 46.5 Å². The molecule has 0 heterocycles. The molecule has 10 heteroatoms. The molecule has 0 aliphatic heterocycles. The third kappa shape index (κ3) is 6.30. The molecule has 1 amide bonds. The zero-order valence-electron chi connectivity index (χ0n) is 19.5. The van der Waals surface area contributed by atoms with Crippen LogP contribution < -0.4 is 29.1 Å². The summed E-state index contributed by atoms with van der Waals surface area (Å²) in [6.07, 6.45) is 1.45. The molecule has 3 aromatic carbocycles. The Balaban J connectivity index is 1.73. The van der Waals surface area contributed by atoms with E-state index >= 15 is 0 Å². The maximum absolute atomic E-state index is 12.8. The summed E-state index contributed by atoms with van der Waals surface area (Å²) >= 11 is 3.32. The van der Waals surface area contributed by atoms with Gasteiger partial charge in [-0.2, -0.15) is 5.10 Å². The van der Waals surface area contributed by atoms with Crippen molar-refractivity contribution in [3.8, 4) is 28.7 Å². The highest BCUT2D eigenvalue weighted by Crippen LogP contribution is 2.38. The van der Waals surface area contributed by atoms with Crippen LogP contribution >= 0.6 is 15.9 Å². The summed E-state index contributed by atoms with van der Waals surface area (Å²) in [4.78, 5) is 25.0. The Morgan fingerprint density at radius 3 is 1.97 bits per heavy atom. The molecule has 0 atom stereocenters. The second-order valence-electron chi connectivity index (χ2n) is 6.92. The average Bonchev–Trinajstić information content (AvgIpc) is 2.88. The lowest BCUT2D eigenvalue weighted by Gasteiger charge is -2.14. The zero-order chi connectivity index (χ0) is 25.4. The molecule has 3 aromatic rings. The number of benzene rings is 3. The fraction of sp³-hybridized carbons (Fsp3) is 0.160. The minimum absolute atomic E-state index is 0.197. The molecule has 182 valence electrons. The summed E-state index contributed by atoms with van der Waals surface area (Å²) in [6.45, 7) is 0. The topological polar surface area (TPSA) is 105 Å².